The summed E-state index contributed by atoms with van der Waals surface area (Å²) in [5.41, 5.74) is 0. The first-order chi connectivity index (χ1) is 6.63. The van der Waals surface area contributed by atoms with Gasteiger partial charge in [0.05, 0.1) is 26.7 Å². The number of rotatable bonds is 4. The Morgan fingerprint density at radius 1 is 1.50 bits per heavy atom. The van der Waals surface area contributed by atoms with Crippen molar-refractivity contribution < 1.29 is 14.2 Å². The van der Waals surface area contributed by atoms with E-state index in [0.29, 0.717) is 13.2 Å². The van der Waals surface area contributed by atoms with E-state index in [4.69, 9.17) is 22.1 Å². The van der Waals surface area contributed by atoms with Gasteiger partial charge in [0.15, 0.2) is 0 Å². The van der Waals surface area contributed by atoms with Crippen molar-refractivity contribution in [3.05, 3.63) is 0 Å². The third-order valence-electron chi connectivity index (χ3n) is 2.37. The maximum atomic E-state index is 5.77. The van der Waals surface area contributed by atoms with Crippen molar-refractivity contribution in [2.75, 3.05) is 20.3 Å². The van der Waals surface area contributed by atoms with Crippen molar-refractivity contribution in [1.82, 2.24) is 0 Å². The van der Waals surface area contributed by atoms with Crippen LogP contribution in [0.15, 0.2) is 0 Å². The van der Waals surface area contributed by atoms with Gasteiger partial charge in [-0.05, 0) is 20.3 Å². The highest BCUT2D eigenvalue weighted by Crippen LogP contribution is 2.23. The average molecular weight is 198 g/mol. The highest BCUT2D eigenvalue weighted by atomic mass is 16.6. The minimum Gasteiger partial charge on any atom is -0.379 e. The molecule has 1 aliphatic rings. The van der Waals surface area contributed by atoms with E-state index in [-0.39, 0.29) is 24.1 Å². The molecule has 1 rings (SSSR count). The van der Waals surface area contributed by atoms with Crippen LogP contribution in [-0.2, 0) is 14.2 Å². The molecule has 0 bridgehead atoms. The fraction of sp³-hybridized carbons (Fsp3) is 1.00. The average Bonchev–Trinajstić information content (AvgIpc) is 2.15. The van der Waals surface area contributed by atoms with Crippen LogP contribution in [0.4, 0.5) is 0 Å². The Kier molecular flexibility index (Phi) is 4.92. The van der Waals surface area contributed by atoms with E-state index in [1.807, 2.05) is 13.8 Å². The van der Waals surface area contributed by atoms with Crippen LogP contribution >= 0.6 is 0 Å². The zero-order valence-electron chi connectivity index (χ0n) is 9.23. The van der Waals surface area contributed by atoms with Gasteiger partial charge in [-0.3, -0.25) is 0 Å². The van der Waals surface area contributed by atoms with Gasteiger partial charge >= 0.3 is 0 Å². The number of methoxy groups -OCH3 is 1. The van der Waals surface area contributed by atoms with Gasteiger partial charge < -0.3 is 14.2 Å². The maximum absolute atomic E-state index is 5.77. The summed E-state index contributed by atoms with van der Waals surface area (Å²) in [6.07, 6.45) is 1.18. The first kappa shape index (κ1) is 12.0. The monoisotopic (exact) mass is 198 g/mol. The summed E-state index contributed by atoms with van der Waals surface area (Å²) in [5.74, 6) is 0.0928. The standard InChI is InChI=1S/C10H19BO3/c1-7(2)13-6-10-9(12-3)4-8(11)5-14-10/h7-10H,4-6H2,1-3H3/t8-,9-,10+/m0/s1. The summed E-state index contributed by atoms with van der Waals surface area (Å²) in [4.78, 5) is 0. The van der Waals surface area contributed by atoms with Gasteiger partial charge in [0, 0.05) is 13.7 Å². The van der Waals surface area contributed by atoms with Crippen molar-refractivity contribution in [1.29, 1.82) is 0 Å². The molecule has 0 aromatic rings. The highest BCUT2D eigenvalue weighted by molar-refractivity contribution is 6.11. The molecule has 3 atom stereocenters. The molecule has 1 fully saturated rings. The van der Waals surface area contributed by atoms with Gasteiger partial charge in [-0.15, -0.1) is 0 Å². The van der Waals surface area contributed by atoms with Crippen LogP contribution in [-0.4, -0.2) is 46.5 Å². The fourth-order valence-corrected chi connectivity index (χ4v) is 1.56. The molecule has 0 aliphatic carbocycles. The van der Waals surface area contributed by atoms with E-state index < -0.39 is 0 Å². The van der Waals surface area contributed by atoms with E-state index in [1.54, 1.807) is 7.11 Å². The molecule has 0 amide bonds. The second-order valence-corrected chi connectivity index (χ2v) is 4.02. The topological polar surface area (TPSA) is 27.7 Å². The maximum Gasteiger partial charge on any atom is 0.107 e. The molecule has 1 saturated heterocycles. The van der Waals surface area contributed by atoms with Crippen molar-refractivity contribution >= 4 is 7.85 Å². The van der Waals surface area contributed by atoms with Crippen LogP contribution in [0, 0.1) is 0 Å². The lowest BCUT2D eigenvalue weighted by Crippen LogP contribution is -2.41. The summed E-state index contributed by atoms with van der Waals surface area (Å²) in [5, 5.41) is 0. The molecule has 2 radical (unpaired) electrons. The van der Waals surface area contributed by atoms with Gasteiger partial charge in [0.2, 0.25) is 0 Å². The van der Waals surface area contributed by atoms with Crippen molar-refractivity contribution in [2.24, 2.45) is 0 Å². The molecule has 0 saturated carbocycles. The molecule has 3 nitrogen and oxygen atoms in total. The zero-order valence-corrected chi connectivity index (χ0v) is 9.23. The van der Waals surface area contributed by atoms with E-state index in [9.17, 15) is 0 Å². The molecule has 0 aromatic carbocycles. The van der Waals surface area contributed by atoms with E-state index >= 15 is 0 Å². The number of hydrogen-bond acceptors (Lipinski definition) is 3. The van der Waals surface area contributed by atoms with Crippen LogP contribution < -0.4 is 0 Å². The second kappa shape index (κ2) is 5.74. The van der Waals surface area contributed by atoms with Crippen molar-refractivity contribution in [3.63, 3.8) is 0 Å². The second-order valence-electron chi connectivity index (χ2n) is 4.02. The molecule has 4 heteroatoms. The van der Waals surface area contributed by atoms with Gasteiger partial charge in [-0.25, -0.2) is 0 Å². The summed E-state index contributed by atoms with van der Waals surface area (Å²) in [6, 6.07) is 0. The van der Waals surface area contributed by atoms with Gasteiger partial charge in [-0.1, -0.05) is 5.82 Å². The molecule has 1 aliphatic heterocycles. The summed E-state index contributed by atoms with van der Waals surface area (Å²) < 4.78 is 16.4. The lowest BCUT2D eigenvalue weighted by molar-refractivity contribution is -0.126. The van der Waals surface area contributed by atoms with E-state index in [2.05, 4.69) is 0 Å². The summed E-state index contributed by atoms with van der Waals surface area (Å²) in [6.45, 7) is 5.21. The van der Waals surface area contributed by atoms with Crippen LogP contribution in [0.2, 0.25) is 5.82 Å². The SMILES string of the molecule is [B][C@@H]1CO[C@H](COC(C)C)[C@@H](OC)C1. The third kappa shape index (κ3) is 3.60. The molecule has 80 valence electrons. The van der Waals surface area contributed by atoms with E-state index in [1.165, 1.54) is 0 Å². The predicted octanol–water partition coefficient (Wildman–Crippen LogP) is 1.17. The Balaban J connectivity index is 2.34. The van der Waals surface area contributed by atoms with E-state index in [0.717, 1.165) is 6.42 Å². The molecule has 0 spiro atoms. The van der Waals surface area contributed by atoms with Crippen LogP contribution in [0.5, 0.6) is 0 Å². The van der Waals surface area contributed by atoms with Gasteiger partial charge in [0.1, 0.15) is 6.10 Å². The third-order valence-corrected chi connectivity index (χ3v) is 2.37. The summed E-state index contributed by atoms with van der Waals surface area (Å²) >= 11 is 0. The van der Waals surface area contributed by atoms with Gasteiger partial charge in [-0.2, -0.15) is 0 Å². The Morgan fingerprint density at radius 3 is 2.79 bits per heavy atom. The molecule has 0 N–H and O–H groups in total. The number of hydrogen-bond donors (Lipinski definition) is 0. The van der Waals surface area contributed by atoms with Crippen LogP contribution in [0.3, 0.4) is 0 Å². The fourth-order valence-electron chi connectivity index (χ4n) is 1.56. The molecule has 0 unspecified atom stereocenters. The minimum absolute atomic E-state index is 0.0298. The normalized spacial score (nSPS) is 33.6. The lowest BCUT2D eigenvalue weighted by Gasteiger charge is -2.34. The number of ether oxygens (including phenoxy) is 3. The largest absolute Gasteiger partial charge is 0.379 e. The molecular weight excluding hydrogens is 179 g/mol. The van der Waals surface area contributed by atoms with Crippen molar-refractivity contribution in [2.45, 2.75) is 44.4 Å². The lowest BCUT2D eigenvalue weighted by atomic mass is 9.80. The predicted molar refractivity (Wildman–Crippen MR) is 55.7 cm³/mol. The Hall–Kier alpha value is -0.0551. The van der Waals surface area contributed by atoms with Crippen molar-refractivity contribution in [3.8, 4) is 0 Å². The Labute approximate surface area is 87.5 Å². The van der Waals surface area contributed by atoms with Gasteiger partial charge in [0.25, 0.3) is 0 Å². The highest BCUT2D eigenvalue weighted by Gasteiger charge is 2.29. The first-order valence-corrected chi connectivity index (χ1v) is 5.15. The smallest absolute Gasteiger partial charge is 0.107 e. The zero-order chi connectivity index (χ0) is 10.6. The van der Waals surface area contributed by atoms with Crippen LogP contribution in [0.25, 0.3) is 0 Å². The Bertz CT molecular complexity index is 163. The minimum atomic E-state index is 0.0298. The quantitative estimate of drug-likeness (QED) is 0.634. The van der Waals surface area contributed by atoms with Crippen LogP contribution in [0.1, 0.15) is 20.3 Å². The molecular formula is C10H19BO3. The molecule has 1 heterocycles. The summed E-state index contributed by atoms with van der Waals surface area (Å²) in [7, 11) is 7.46. The molecule has 0 aromatic heterocycles. The first-order valence-electron chi connectivity index (χ1n) is 5.15. The molecule has 14 heavy (non-hydrogen) atoms. The Morgan fingerprint density at radius 2 is 2.21 bits per heavy atom.